The Hall–Kier alpha value is -2.71. The van der Waals surface area contributed by atoms with Gasteiger partial charge in [0.1, 0.15) is 12.4 Å². The summed E-state index contributed by atoms with van der Waals surface area (Å²) in [5, 5.41) is 12.7. The number of non-ortho nitro benzene ring substituents is 1. The lowest BCUT2D eigenvalue weighted by Crippen LogP contribution is -2.29. The molecule has 0 fully saturated rings. The van der Waals surface area contributed by atoms with Gasteiger partial charge in [0, 0.05) is 12.1 Å². The topological polar surface area (TPSA) is 125 Å². The van der Waals surface area contributed by atoms with Crippen LogP contribution in [-0.4, -0.2) is 30.1 Å². The second-order valence-corrected chi connectivity index (χ2v) is 3.34. The van der Waals surface area contributed by atoms with Crippen molar-refractivity contribution in [3.8, 4) is 0 Å². The van der Waals surface area contributed by atoms with Crippen molar-refractivity contribution in [2.45, 2.75) is 0 Å². The van der Waals surface area contributed by atoms with Gasteiger partial charge in [0.05, 0.1) is 17.0 Å². The number of rotatable bonds is 5. The highest BCUT2D eigenvalue weighted by molar-refractivity contribution is 5.95. The van der Waals surface area contributed by atoms with Gasteiger partial charge in [0.15, 0.2) is 0 Å². The monoisotopic (exact) mass is 271 g/mol. The van der Waals surface area contributed by atoms with Crippen molar-refractivity contribution >= 4 is 17.7 Å². The van der Waals surface area contributed by atoms with Crippen LogP contribution in [0, 0.1) is 15.9 Å². The molecule has 19 heavy (non-hydrogen) atoms. The van der Waals surface area contributed by atoms with Crippen LogP contribution in [0.4, 0.5) is 14.9 Å². The zero-order valence-electron chi connectivity index (χ0n) is 9.59. The van der Waals surface area contributed by atoms with E-state index in [4.69, 9.17) is 0 Å². The summed E-state index contributed by atoms with van der Waals surface area (Å²) in [6.45, 7) is -0.276. The first-order chi connectivity index (χ1) is 8.91. The lowest BCUT2D eigenvalue weighted by atomic mass is 10.1. The number of halogens is 1. The molecule has 0 atom stereocenters. The van der Waals surface area contributed by atoms with Crippen LogP contribution in [-0.2, 0) is 4.74 Å². The van der Waals surface area contributed by atoms with E-state index in [2.05, 4.69) is 15.8 Å². The molecule has 9 heteroatoms. The predicted octanol–water partition coefficient (Wildman–Crippen LogP) is 0.559. The largest absolute Gasteiger partial charge is 0.448 e. The molecule has 1 aromatic carbocycles. The van der Waals surface area contributed by atoms with Crippen molar-refractivity contribution in [3.05, 3.63) is 39.7 Å². The average Bonchev–Trinajstić information content (AvgIpc) is 2.34. The first-order valence-electron chi connectivity index (χ1n) is 5.06. The summed E-state index contributed by atoms with van der Waals surface area (Å²) in [6.07, 6.45) is -1.00. The number of primary amides is 1. The van der Waals surface area contributed by atoms with Gasteiger partial charge in [0.25, 0.3) is 11.6 Å². The molecule has 0 unspecified atom stereocenters. The molecule has 1 rings (SSSR count). The molecule has 2 amide bonds. The SMILES string of the molecule is NC(=O)OCCNC(=O)c1cc([N+](=O)[O-])ccc1F. The number of hydrogen-bond acceptors (Lipinski definition) is 5. The Morgan fingerprint density at radius 2 is 2.16 bits per heavy atom. The van der Waals surface area contributed by atoms with Gasteiger partial charge < -0.3 is 15.8 Å². The lowest BCUT2D eigenvalue weighted by molar-refractivity contribution is -0.384. The van der Waals surface area contributed by atoms with Gasteiger partial charge in [-0.25, -0.2) is 9.18 Å². The third kappa shape index (κ3) is 4.22. The van der Waals surface area contributed by atoms with Crippen LogP contribution in [0.1, 0.15) is 10.4 Å². The fraction of sp³-hybridized carbons (Fsp3) is 0.200. The van der Waals surface area contributed by atoms with Gasteiger partial charge in [-0.15, -0.1) is 0 Å². The highest BCUT2D eigenvalue weighted by atomic mass is 19.1. The summed E-state index contributed by atoms with van der Waals surface area (Å²) in [5.74, 6) is -1.74. The first-order valence-corrected chi connectivity index (χ1v) is 5.06. The van der Waals surface area contributed by atoms with E-state index >= 15 is 0 Å². The van der Waals surface area contributed by atoms with Crippen LogP contribution in [0.3, 0.4) is 0 Å². The maximum Gasteiger partial charge on any atom is 0.404 e. The van der Waals surface area contributed by atoms with E-state index in [1.54, 1.807) is 0 Å². The first kappa shape index (κ1) is 14.4. The van der Waals surface area contributed by atoms with E-state index in [-0.39, 0.29) is 13.2 Å². The number of nitro benzene ring substituents is 1. The van der Waals surface area contributed by atoms with Crippen molar-refractivity contribution in [3.63, 3.8) is 0 Å². The summed E-state index contributed by atoms with van der Waals surface area (Å²) < 4.78 is 17.7. The van der Waals surface area contributed by atoms with Crippen LogP contribution >= 0.6 is 0 Å². The van der Waals surface area contributed by atoms with Crippen molar-refractivity contribution in [2.75, 3.05) is 13.2 Å². The predicted molar refractivity (Wildman–Crippen MR) is 60.9 cm³/mol. The second kappa shape index (κ2) is 6.28. The van der Waals surface area contributed by atoms with Crippen LogP contribution in [0.2, 0.25) is 0 Å². The molecule has 0 bridgehead atoms. The second-order valence-electron chi connectivity index (χ2n) is 3.34. The number of carbonyl (C=O) groups is 2. The summed E-state index contributed by atoms with van der Waals surface area (Å²) in [5.41, 5.74) is 3.82. The quantitative estimate of drug-likeness (QED) is 0.460. The minimum Gasteiger partial charge on any atom is -0.448 e. The molecule has 0 aliphatic heterocycles. The molecule has 0 aliphatic rings. The van der Waals surface area contributed by atoms with Gasteiger partial charge in [-0.2, -0.15) is 0 Å². The maximum atomic E-state index is 13.3. The Balaban J connectivity index is 2.68. The van der Waals surface area contributed by atoms with E-state index in [9.17, 15) is 24.1 Å². The molecule has 3 N–H and O–H groups in total. The van der Waals surface area contributed by atoms with Crippen LogP contribution < -0.4 is 11.1 Å². The molecule has 1 aromatic rings. The smallest absolute Gasteiger partial charge is 0.404 e. The van der Waals surface area contributed by atoms with E-state index in [0.29, 0.717) is 0 Å². The standard InChI is InChI=1S/C10H10FN3O5/c11-8-2-1-6(14(17)18)5-7(8)9(15)13-3-4-19-10(12)16/h1-2,5H,3-4H2,(H2,12,16)(H,13,15). The van der Waals surface area contributed by atoms with Gasteiger partial charge in [-0.05, 0) is 6.07 Å². The zero-order chi connectivity index (χ0) is 14.4. The fourth-order valence-corrected chi connectivity index (χ4v) is 1.21. The molecule has 0 radical (unpaired) electrons. The molecular formula is C10H10FN3O5. The lowest BCUT2D eigenvalue weighted by Gasteiger charge is -2.06. The minimum absolute atomic E-state index is 0.0933. The number of hydrogen-bond donors (Lipinski definition) is 2. The molecule has 0 saturated heterocycles. The van der Waals surface area contributed by atoms with Crippen molar-refractivity contribution in [2.24, 2.45) is 5.73 Å². The molecular weight excluding hydrogens is 261 g/mol. The molecule has 8 nitrogen and oxygen atoms in total. The normalized spacial score (nSPS) is 9.74. The van der Waals surface area contributed by atoms with E-state index < -0.39 is 34.0 Å². The molecule has 102 valence electrons. The van der Waals surface area contributed by atoms with E-state index in [1.807, 2.05) is 0 Å². The van der Waals surface area contributed by atoms with Gasteiger partial charge in [-0.3, -0.25) is 14.9 Å². The number of benzene rings is 1. The van der Waals surface area contributed by atoms with Crippen LogP contribution in [0.5, 0.6) is 0 Å². The van der Waals surface area contributed by atoms with Crippen molar-refractivity contribution in [1.29, 1.82) is 0 Å². The number of nitrogens with zero attached hydrogens (tertiary/aromatic N) is 1. The maximum absolute atomic E-state index is 13.3. The molecule has 0 spiro atoms. The summed E-state index contributed by atoms with van der Waals surface area (Å²) in [6, 6.07) is 2.59. The third-order valence-corrected chi connectivity index (χ3v) is 2.04. The van der Waals surface area contributed by atoms with Crippen LogP contribution in [0.25, 0.3) is 0 Å². The van der Waals surface area contributed by atoms with E-state index in [0.717, 1.165) is 18.2 Å². The molecule has 0 saturated carbocycles. The fourth-order valence-electron chi connectivity index (χ4n) is 1.21. The van der Waals surface area contributed by atoms with Crippen LogP contribution in [0.15, 0.2) is 18.2 Å². The average molecular weight is 271 g/mol. The summed E-state index contributed by atoms with van der Waals surface area (Å²) in [4.78, 5) is 31.5. The number of ether oxygens (including phenoxy) is 1. The van der Waals surface area contributed by atoms with Crippen molar-refractivity contribution in [1.82, 2.24) is 5.32 Å². The molecule has 0 aromatic heterocycles. The highest BCUT2D eigenvalue weighted by Gasteiger charge is 2.16. The van der Waals surface area contributed by atoms with Gasteiger partial charge in [-0.1, -0.05) is 0 Å². The Morgan fingerprint density at radius 3 is 2.74 bits per heavy atom. The number of nitro groups is 1. The Kier molecular flexibility index (Phi) is 4.75. The van der Waals surface area contributed by atoms with Gasteiger partial charge in [0.2, 0.25) is 0 Å². The zero-order valence-corrected chi connectivity index (χ0v) is 9.59. The third-order valence-electron chi connectivity index (χ3n) is 2.04. The Labute approximate surface area is 106 Å². The highest BCUT2D eigenvalue weighted by Crippen LogP contribution is 2.16. The summed E-state index contributed by atoms with van der Waals surface area (Å²) >= 11 is 0. The number of nitrogens with one attached hydrogen (secondary N) is 1. The van der Waals surface area contributed by atoms with Crippen molar-refractivity contribution < 1.29 is 23.6 Å². The molecule has 0 heterocycles. The number of amides is 2. The Morgan fingerprint density at radius 1 is 1.47 bits per heavy atom. The number of carbonyl (C=O) groups excluding carboxylic acids is 2. The van der Waals surface area contributed by atoms with Gasteiger partial charge >= 0.3 is 6.09 Å². The minimum atomic E-state index is -1.00. The summed E-state index contributed by atoms with van der Waals surface area (Å²) in [7, 11) is 0. The number of nitrogens with two attached hydrogens (primary N) is 1. The Bertz CT molecular complexity index is 520. The van der Waals surface area contributed by atoms with E-state index in [1.165, 1.54) is 0 Å². The molecule has 0 aliphatic carbocycles.